The van der Waals surface area contributed by atoms with Crippen LogP contribution in [-0.4, -0.2) is 50.0 Å². The zero-order valence-electron chi connectivity index (χ0n) is 15.6. The van der Waals surface area contributed by atoms with Crippen molar-refractivity contribution >= 4 is 5.91 Å². The molecule has 26 heavy (non-hydrogen) atoms. The standard InChI is InChI=1S/C18H26N6O2/c1-13(2)24-7-6-19-17(24)12-23-8-9-26-16(11-23)18-20-5-4-15(22-18)10-21-14(3)25/h4-7,13,16H,8-12H2,1-3H3,(H,21,25)/t16-/m1/s1. The Hall–Kier alpha value is -2.32. The van der Waals surface area contributed by atoms with Gasteiger partial charge in [0.2, 0.25) is 5.91 Å². The first-order valence-corrected chi connectivity index (χ1v) is 8.95. The number of ether oxygens (including phenoxy) is 1. The minimum atomic E-state index is -0.177. The zero-order chi connectivity index (χ0) is 18.5. The van der Waals surface area contributed by atoms with Crippen LogP contribution >= 0.6 is 0 Å². The topological polar surface area (TPSA) is 85.2 Å². The summed E-state index contributed by atoms with van der Waals surface area (Å²) in [5, 5.41) is 2.76. The summed E-state index contributed by atoms with van der Waals surface area (Å²) in [6, 6.07) is 2.19. The van der Waals surface area contributed by atoms with Crippen LogP contribution in [0.25, 0.3) is 0 Å². The Morgan fingerprint density at radius 2 is 2.23 bits per heavy atom. The van der Waals surface area contributed by atoms with Crippen molar-refractivity contribution in [2.24, 2.45) is 0 Å². The normalized spacial score (nSPS) is 18.2. The first-order chi connectivity index (χ1) is 12.5. The van der Waals surface area contributed by atoms with Crippen molar-refractivity contribution in [1.82, 2.24) is 29.7 Å². The number of aromatic nitrogens is 4. The number of hydrogen-bond donors (Lipinski definition) is 1. The SMILES string of the molecule is CC(=O)NCc1ccnc([C@H]2CN(Cc3nccn3C(C)C)CCO2)n1. The largest absolute Gasteiger partial charge is 0.368 e. The van der Waals surface area contributed by atoms with Crippen molar-refractivity contribution in [3.8, 4) is 0 Å². The van der Waals surface area contributed by atoms with Crippen LogP contribution in [0.1, 0.15) is 50.3 Å². The summed E-state index contributed by atoms with van der Waals surface area (Å²) >= 11 is 0. The highest BCUT2D eigenvalue weighted by atomic mass is 16.5. The number of carbonyl (C=O) groups excluding carboxylic acids is 1. The maximum Gasteiger partial charge on any atom is 0.217 e. The van der Waals surface area contributed by atoms with Crippen molar-refractivity contribution in [2.45, 2.75) is 46.0 Å². The summed E-state index contributed by atoms with van der Waals surface area (Å²) in [4.78, 5) is 26.8. The molecule has 2 aromatic rings. The molecule has 0 saturated carbocycles. The van der Waals surface area contributed by atoms with Gasteiger partial charge < -0.3 is 14.6 Å². The lowest BCUT2D eigenvalue weighted by molar-refractivity contribution is -0.119. The Kier molecular flexibility index (Phi) is 5.95. The maximum absolute atomic E-state index is 11.1. The van der Waals surface area contributed by atoms with Gasteiger partial charge in [0.15, 0.2) is 5.82 Å². The molecule has 1 atom stereocenters. The first-order valence-electron chi connectivity index (χ1n) is 8.95. The second kappa shape index (κ2) is 8.37. The van der Waals surface area contributed by atoms with E-state index in [1.54, 1.807) is 12.3 Å². The van der Waals surface area contributed by atoms with Crippen LogP contribution in [0.15, 0.2) is 24.7 Å². The lowest BCUT2D eigenvalue weighted by Gasteiger charge is -2.32. The van der Waals surface area contributed by atoms with Gasteiger partial charge in [0.25, 0.3) is 0 Å². The van der Waals surface area contributed by atoms with E-state index in [1.807, 2.05) is 12.4 Å². The van der Waals surface area contributed by atoms with E-state index < -0.39 is 0 Å². The molecule has 8 nitrogen and oxygen atoms in total. The van der Waals surface area contributed by atoms with E-state index >= 15 is 0 Å². The van der Waals surface area contributed by atoms with E-state index in [2.05, 4.69) is 43.6 Å². The van der Waals surface area contributed by atoms with Gasteiger partial charge in [-0.25, -0.2) is 15.0 Å². The van der Waals surface area contributed by atoms with Gasteiger partial charge in [0.05, 0.1) is 25.4 Å². The molecule has 1 fully saturated rings. The number of hydrogen-bond acceptors (Lipinski definition) is 6. The maximum atomic E-state index is 11.1. The van der Waals surface area contributed by atoms with Gasteiger partial charge >= 0.3 is 0 Å². The lowest BCUT2D eigenvalue weighted by Crippen LogP contribution is -2.39. The summed E-state index contributed by atoms with van der Waals surface area (Å²) in [6.45, 7) is 9.17. The van der Waals surface area contributed by atoms with Crippen LogP contribution in [0.2, 0.25) is 0 Å². The molecular formula is C18H26N6O2. The number of amides is 1. The number of morpholine rings is 1. The zero-order valence-corrected chi connectivity index (χ0v) is 15.6. The molecule has 0 unspecified atom stereocenters. The molecule has 0 bridgehead atoms. The molecule has 0 radical (unpaired) electrons. The fraction of sp³-hybridized carbons (Fsp3) is 0.556. The van der Waals surface area contributed by atoms with E-state index in [1.165, 1.54) is 6.92 Å². The summed E-state index contributed by atoms with van der Waals surface area (Å²) < 4.78 is 8.08. The van der Waals surface area contributed by atoms with Gasteiger partial charge in [-0.05, 0) is 19.9 Å². The molecule has 8 heteroatoms. The molecule has 3 rings (SSSR count). The fourth-order valence-corrected chi connectivity index (χ4v) is 3.02. The summed E-state index contributed by atoms with van der Waals surface area (Å²) in [5.41, 5.74) is 0.779. The van der Waals surface area contributed by atoms with E-state index in [4.69, 9.17) is 4.74 Å². The average molecular weight is 358 g/mol. The predicted molar refractivity (Wildman–Crippen MR) is 96.1 cm³/mol. The van der Waals surface area contributed by atoms with Crippen molar-refractivity contribution in [1.29, 1.82) is 0 Å². The Bertz CT molecular complexity index is 745. The third-order valence-electron chi connectivity index (χ3n) is 4.36. The average Bonchev–Trinajstić information content (AvgIpc) is 3.09. The minimum absolute atomic E-state index is 0.0779. The second-order valence-electron chi connectivity index (χ2n) is 6.75. The molecule has 1 N–H and O–H groups in total. The van der Waals surface area contributed by atoms with Gasteiger partial charge in [0, 0.05) is 44.6 Å². The quantitative estimate of drug-likeness (QED) is 0.842. The van der Waals surface area contributed by atoms with Gasteiger partial charge in [-0.1, -0.05) is 0 Å². The predicted octanol–water partition coefficient (Wildman–Crippen LogP) is 1.46. The number of nitrogens with one attached hydrogen (secondary N) is 1. The van der Waals surface area contributed by atoms with E-state index in [0.717, 1.165) is 24.6 Å². The molecule has 0 aliphatic carbocycles. The Morgan fingerprint density at radius 3 is 3.00 bits per heavy atom. The van der Waals surface area contributed by atoms with Crippen molar-refractivity contribution in [3.05, 3.63) is 42.0 Å². The van der Waals surface area contributed by atoms with Gasteiger partial charge in [-0.2, -0.15) is 0 Å². The molecule has 0 aromatic carbocycles. The third-order valence-corrected chi connectivity index (χ3v) is 4.36. The summed E-state index contributed by atoms with van der Waals surface area (Å²) in [6.07, 6.45) is 5.41. The Balaban J connectivity index is 1.65. The molecule has 1 aliphatic rings. The molecule has 1 amide bonds. The van der Waals surface area contributed by atoms with Gasteiger partial charge in [0.1, 0.15) is 11.9 Å². The second-order valence-corrected chi connectivity index (χ2v) is 6.75. The van der Waals surface area contributed by atoms with Crippen LogP contribution in [0.4, 0.5) is 0 Å². The van der Waals surface area contributed by atoms with Crippen LogP contribution < -0.4 is 5.32 Å². The van der Waals surface area contributed by atoms with Crippen molar-refractivity contribution in [3.63, 3.8) is 0 Å². The summed E-state index contributed by atoms with van der Waals surface area (Å²) in [7, 11) is 0. The minimum Gasteiger partial charge on any atom is -0.368 e. The molecule has 3 heterocycles. The highest BCUT2D eigenvalue weighted by Crippen LogP contribution is 2.21. The van der Waals surface area contributed by atoms with Crippen LogP contribution in [0.5, 0.6) is 0 Å². The monoisotopic (exact) mass is 358 g/mol. The van der Waals surface area contributed by atoms with Crippen LogP contribution in [-0.2, 0) is 22.6 Å². The number of carbonyl (C=O) groups is 1. The number of nitrogens with zero attached hydrogens (tertiary/aromatic N) is 5. The highest BCUT2D eigenvalue weighted by molar-refractivity contribution is 5.72. The fourth-order valence-electron chi connectivity index (χ4n) is 3.02. The van der Waals surface area contributed by atoms with E-state index in [0.29, 0.717) is 31.6 Å². The first kappa shape index (κ1) is 18.5. The molecular weight excluding hydrogens is 332 g/mol. The molecule has 1 saturated heterocycles. The van der Waals surface area contributed by atoms with E-state index in [9.17, 15) is 4.79 Å². The molecule has 0 spiro atoms. The van der Waals surface area contributed by atoms with Crippen LogP contribution in [0.3, 0.4) is 0 Å². The van der Waals surface area contributed by atoms with Crippen LogP contribution in [0, 0.1) is 0 Å². The summed E-state index contributed by atoms with van der Waals surface area (Å²) in [5.74, 6) is 1.64. The van der Waals surface area contributed by atoms with Crippen molar-refractivity contribution in [2.75, 3.05) is 19.7 Å². The van der Waals surface area contributed by atoms with E-state index in [-0.39, 0.29) is 12.0 Å². The molecule has 1 aliphatic heterocycles. The molecule has 140 valence electrons. The highest BCUT2D eigenvalue weighted by Gasteiger charge is 2.25. The Labute approximate surface area is 153 Å². The van der Waals surface area contributed by atoms with Crippen molar-refractivity contribution < 1.29 is 9.53 Å². The number of rotatable bonds is 6. The smallest absolute Gasteiger partial charge is 0.217 e. The number of imidazole rings is 1. The molecule has 2 aromatic heterocycles. The lowest BCUT2D eigenvalue weighted by atomic mass is 10.2. The third kappa shape index (κ3) is 4.64. The van der Waals surface area contributed by atoms with Gasteiger partial charge in [-0.15, -0.1) is 0 Å². The Morgan fingerprint density at radius 1 is 1.38 bits per heavy atom. The van der Waals surface area contributed by atoms with Gasteiger partial charge in [-0.3, -0.25) is 9.69 Å².